The SMILES string of the molecule is C[C@@H]1CC=CC[C@H]1COC(=O)c1cccc(S(=O)(=O)N(C)C)c1. The summed E-state index contributed by atoms with van der Waals surface area (Å²) in [6.45, 7) is 2.50. The first-order valence-corrected chi connectivity index (χ1v) is 9.11. The normalized spacial score (nSPS) is 21.4. The van der Waals surface area contributed by atoms with Gasteiger partial charge in [-0.05, 0) is 42.9 Å². The molecule has 1 aromatic carbocycles. The molecule has 126 valence electrons. The largest absolute Gasteiger partial charge is 0.462 e. The predicted molar refractivity (Wildman–Crippen MR) is 88.6 cm³/mol. The smallest absolute Gasteiger partial charge is 0.338 e. The lowest BCUT2D eigenvalue weighted by Crippen LogP contribution is -2.23. The number of nitrogens with zero attached hydrogens (tertiary/aromatic N) is 1. The number of hydrogen-bond donors (Lipinski definition) is 0. The fourth-order valence-corrected chi connectivity index (χ4v) is 3.45. The molecule has 1 aromatic rings. The molecule has 0 bridgehead atoms. The fraction of sp³-hybridized carbons (Fsp3) is 0.471. The number of carbonyl (C=O) groups is 1. The van der Waals surface area contributed by atoms with Gasteiger partial charge in [0.05, 0.1) is 17.1 Å². The van der Waals surface area contributed by atoms with Gasteiger partial charge in [0.15, 0.2) is 0 Å². The summed E-state index contributed by atoms with van der Waals surface area (Å²) in [5.74, 6) is 0.313. The van der Waals surface area contributed by atoms with Gasteiger partial charge >= 0.3 is 5.97 Å². The molecule has 0 aromatic heterocycles. The van der Waals surface area contributed by atoms with Crippen molar-refractivity contribution in [3.63, 3.8) is 0 Å². The molecule has 0 fully saturated rings. The summed E-state index contributed by atoms with van der Waals surface area (Å²) in [6.07, 6.45) is 6.17. The highest BCUT2D eigenvalue weighted by atomic mass is 32.2. The van der Waals surface area contributed by atoms with E-state index in [1.807, 2.05) is 0 Å². The van der Waals surface area contributed by atoms with Crippen LogP contribution in [0, 0.1) is 11.8 Å². The zero-order valence-electron chi connectivity index (χ0n) is 13.7. The number of esters is 1. The molecule has 0 N–H and O–H groups in total. The average Bonchev–Trinajstić information content (AvgIpc) is 2.53. The highest BCUT2D eigenvalue weighted by molar-refractivity contribution is 7.89. The number of hydrogen-bond acceptors (Lipinski definition) is 4. The van der Waals surface area contributed by atoms with Crippen LogP contribution in [0.15, 0.2) is 41.3 Å². The molecule has 0 aliphatic heterocycles. The van der Waals surface area contributed by atoms with Crippen molar-refractivity contribution in [3.05, 3.63) is 42.0 Å². The Hall–Kier alpha value is -1.66. The summed E-state index contributed by atoms with van der Waals surface area (Å²) in [5, 5.41) is 0. The van der Waals surface area contributed by atoms with Crippen molar-refractivity contribution in [2.24, 2.45) is 11.8 Å². The fourth-order valence-electron chi connectivity index (χ4n) is 2.50. The Labute approximate surface area is 138 Å². The van der Waals surface area contributed by atoms with Crippen molar-refractivity contribution >= 4 is 16.0 Å². The highest BCUT2D eigenvalue weighted by Gasteiger charge is 2.22. The number of benzene rings is 1. The van der Waals surface area contributed by atoms with Crippen LogP contribution in [0.2, 0.25) is 0 Å². The zero-order valence-corrected chi connectivity index (χ0v) is 14.5. The molecular weight excluding hydrogens is 314 g/mol. The van der Waals surface area contributed by atoms with Crippen molar-refractivity contribution in [1.29, 1.82) is 0 Å². The topological polar surface area (TPSA) is 63.7 Å². The molecule has 2 atom stereocenters. The minimum Gasteiger partial charge on any atom is -0.462 e. The van der Waals surface area contributed by atoms with E-state index in [1.165, 1.54) is 26.2 Å². The molecule has 1 aliphatic carbocycles. The number of rotatable bonds is 5. The molecule has 0 radical (unpaired) electrons. The molecule has 0 spiro atoms. The van der Waals surface area contributed by atoms with Gasteiger partial charge in [-0.25, -0.2) is 17.5 Å². The first-order valence-electron chi connectivity index (χ1n) is 7.67. The Morgan fingerprint density at radius 3 is 2.61 bits per heavy atom. The minimum absolute atomic E-state index is 0.0888. The maximum absolute atomic E-state index is 12.2. The quantitative estimate of drug-likeness (QED) is 0.612. The van der Waals surface area contributed by atoms with Gasteiger partial charge in [0.1, 0.15) is 0 Å². The Morgan fingerprint density at radius 2 is 1.96 bits per heavy atom. The predicted octanol–water partition coefficient (Wildman–Crippen LogP) is 2.70. The first kappa shape index (κ1) is 17.7. The van der Waals surface area contributed by atoms with E-state index < -0.39 is 16.0 Å². The minimum atomic E-state index is -3.56. The van der Waals surface area contributed by atoms with Crippen LogP contribution in [-0.4, -0.2) is 39.4 Å². The van der Waals surface area contributed by atoms with E-state index in [0.29, 0.717) is 18.4 Å². The Balaban J connectivity index is 2.07. The van der Waals surface area contributed by atoms with Crippen LogP contribution in [0.5, 0.6) is 0 Å². The molecule has 0 unspecified atom stereocenters. The lowest BCUT2D eigenvalue weighted by molar-refractivity contribution is 0.0395. The number of sulfonamides is 1. The number of carbonyl (C=O) groups excluding carboxylic acids is 1. The van der Waals surface area contributed by atoms with E-state index in [2.05, 4.69) is 19.1 Å². The number of allylic oxidation sites excluding steroid dienone is 2. The molecule has 0 amide bonds. The molecule has 0 heterocycles. The van der Waals surface area contributed by atoms with Gasteiger partial charge in [-0.3, -0.25) is 0 Å². The van der Waals surface area contributed by atoms with Crippen LogP contribution in [0.3, 0.4) is 0 Å². The maximum atomic E-state index is 12.2. The van der Waals surface area contributed by atoms with E-state index in [4.69, 9.17) is 4.74 Å². The standard InChI is InChI=1S/C17H23NO4S/c1-13-7-4-5-8-15(13)12-22-17(19)14-9-6-10-16(11-14)23(20,21)18(2)3/h4-6,9-11,13,15H,7-8,12H2,1-3H3/t13-,15+/m1/s1. The summed E-state index contributed by atoms with van der Waals surface area (Å²) in [5.41, 5.74) is 0.256. The third-order valence-electron chi connectivity index (χ3n) is 4.19. The first-order chi connectivity index (χ1) is 10.8. The number of ether oxygens (including phenoxy) is 1. The summed E-state index contributed by atoms with van der Waals surface area (Å²) in [6, 6.07) is 5.96. The average molecular weight is 337 g/mol. The lowest BCUT2D eigenvalue weighted by Gasteiger charge is -2.24. The third kappa shape index (κ3) is 4.20. The van der Waals surface area contributed by atoms with Crippen LogP contribution < -0.4 is 0 Å². The third-order valence-corrected chi connectivity index (χ3v) is 6.01. The van der Waals surface area contributed by atoms with Gasteiger partial charge in [0.25, 0.3) is 0 Å². The van der Waals surface area contributed by atoms with Gasteiger partial charge in [-0.15, -0.1) is 0 Å². The van der Waals surface area contributed by atoms with Crippen molar-refractivity contribution in [1.82, 2.24) is 4.31 Å². The molecule has 6 heteroatoms. The molecule has 0 saturated heterocycles. The molecule has 0 saturated carbocycles. The molecule has 23 heavy (non-hydrogen) atoms. The van der Waals surface area contributed by atoms with Crippen molar-refractivity contribution in [3.8, 4) is 0 Å². The highest BCUT2D eigenvalue weighted by Crippen LogP contribution is 2.25. The van der Waals surface area contributed by atoms with E-state index in [-0.39, 0.29) is 10.5 Å². The van der Waals surface area contributed by atoms with E-state index >= 15 is 0 Å². The monoisotopic (exact) mass is 337 g/mol. The van der Waals surface area contributed by atoms with Crippen LogP contribution in [0.1, 0.15) is 30.1 Å². The maximum Gasteiger partial charge on any atom is 0.338 e. The Bertz CT molecular complexity index is 694. The van der Waals surface area contributed by atoms with Gasteiger partial charge in [-0.2, -0.15) is 0 Å². The van der Waals surface area contributed by atoms with Crippen LogP contribution in [0.25, 0.3) is 0 Å². The summed E-state index contributed by atoms with van der Waals surface area (Å²) < 4.78 is 30.7. The summed E-state index contributed by atoms with van der Waals surface area (Å²) >= 11 is 0. The van der Waals surface area contributed by atoms with E-state index in [1.54, 1.807) is 12.1 Å². The van der Waals surface area contributed by atoms with Gasteiger partial charge in [-0.1, -0.05) is 25.1 Å². The Kier molecular flexibility index (Phi) is 5.59. The second-order valence-corrected chi connectivity index (χ2v) is 8.25. The second kappa shape index (κ2) is 7.27. The lowest BCUT2D eigenvalue weighted by atomic mass is 9.85. The van der Waals surface area contributed by atoms with Crippen molar-refractivity contribution in [2.45, 2.75) is 24.7 Å². The second-order valence-electron chi connectivity index (χ2n) is 6.09. The van der Waals surface area contributed by atoms with Gasteiger partial charge in [0, 0.05) is 14.1 Å². The van der Waals surface area contributed by atoms with Gasteiger partial charge in [0.2, 0.25) is 10.0 Å². The van der Waals surface area contributed by atoms with Crippen LogP contribution in [-0.2, 0) is 14.8 Å². The van der Waals surface area contributed by atoms with Crippen molar-refractivity contribution < 1.29 is 17.9 Å². The molecular formula is C17H23NO4S. The summed E-state index contributed by atoms with van der Waals surface area (Å²) in [7, 11) is -0.647. The molecule has 1 aliphatic rings. The summed E-state index contributed by atoms with van der Waals surface area (Å²) in [4.78, 5) is 12.3. The zero-order chi connectivity index (χ0) is 17.0. The van der Waals surface area contributed by atoms with Gasteiger partial charge < -0.3 is 4.74 Å². The molecule has 5 nitrogen and oxygen atoms in total. The van der Waals surface area contributed by atoms with Crippen LogP contribution >= 0.6 is 0 Å². The Morgan fingerprint density at radius 1 is 1.26 bits per heavy atom. The molecule has 2 rings (SSSR count). The van der Waals surface area contributed by atoms with Crippen molar-refractivity contribution in [2.75, 3.05) is 20.7 Å². The van der Waals surface area contributed by atoms with Crippen LogP contribution in [0.4, 0.5) is 0 Å². The van der Waals surface area contributed by atoms with E-state index in [0.717, 1.165) is 17.1 Å². The van der Waals surface area contributed by atoms with E-state index in [9.17, 15) is 13.2 Å².